The molecule has 1 aromatic rings. The second-order valence-electron chi connectivity index (χ2n) is 3.72. The molecule has 0 aliphatic rings. The highest BCUT2D eigenvalue weighted by Crippen LogP contribution is 2.27. The van der Waals surface area contributed by atoms with Crippen LogP contribution in [0.2, 0.25) is 0 Å². The summed E-state index contributed by atoms with van der Waals surface area (Å²) in [5, 5.41) is 0. The van der Waals surface area contributed by atoms with E-state index >= 15 is 0 Å². The van der Waals surface area contributed by atoms with Crippen molar-refractivity contribution in [2.24, 2.45) is 11.7 Å². The molecule has 2 N–H and O–H groups in total. The SMILES string of the molecule is Cc1ccc(F)c(OCC(CN)C(F)(F)F)c1. The number of hydrogen-bond acceptors (Lipinski definition) is 2. The molecule has 6 heteroatoms. The monoisotopic (exact) mass is 251 g/mol. The molecule has 1 atom stereocenters. The van der Waals surface area contributed by atoms with E-state index in [1.165, 1.54) is 12.1 Å². The highest BCUT2D eigenvalue weighted by Gasteiger charge is 2.39. The first-order valence-electron chi connectivity index (χ1n) is 5.00. The predicted molar refractivity (Wildman–Crippen MR) is 55.2 cm³/mol. The highest BCUT2D eigenvalue weighted by atomic mass is 19.4. The minimum atomic E-state index is -4.44. The van der Waals surface area contributed by atoms with Crippen molar-refractivity contribution in [3.63, 3.8) is 0 Å². The Balaban J connectivity index is 2.69. The summed E-state index contributed by atoms with van der Waals surface area (Å²) in [6.45, 7) is 0.424. The molecule has 2 nitrogen and oxygen atoms in total. The summed E-state index contributed by atoms with van der Waals surface area (Å²) in [7, 11) is 0. The van der Waals surface area contributed by atoms with Crippen LogP contribution >= 0.6 is 0 Å². The normalized spacial score (nSPS) is 13.5. The number of hydrogen-bond donors (Lipinski definition) is 1. The van der Waals surface area contributed by atoms with E-state index in [4.69, 9.17) is 10.5 Å². The number of halogens is 4. The van der Waals surface area contributed by atoms with Crippen molar-refractivity contribution in [3.05, 3.63) is 29.6 Å². The fourth-order valence-corrected chi connectivity index (χ4v) is 1.21. The van der Waals surface area contributed by atoms with Crippen LogP contribution in [0.5, 0.6) is 5.75 Å². The highest BCUT2D eigenvalue weighted by molar-refractivity contribution is 5.29. The zero-order valence-electron chi connectivity index (χ0n) is 9.22. The summed E-state index contributed by atoms with van der Waals surface area (Å²) >= 11 is 0. The summed E-state index contributed by atoms with van der Waals surface area (Å²) in [4.78, 5) is 0. The molecule has 0 aromatic heterocycles. The van der Waals surface area contributed by atoms with Crippen LogP contribution in [0.1, 0.15) is 5.56 Å². The first-order valence-corrected chi connectivity index (χ1v) is 5.00. The summed E-state index contributed by atoms with van der Waals surface area (Å²) in [5.74, 6) is -2.66. The predicted octanol–water partition coefficient (Wildman–Crippen LogP) is 2.65. The third-order valence-corrected chi connectivity index (χ3v) is 2.27. The minimum Gasteiger partial charge on any atom is -0.490 e. The maximum atomic E-state index is 13.2. The summed E-state index contributed by atoms with van der Waals surface area (Å²) in [6.07, 6.45) is -4.44. The summed E-state index contributed by atoms with van der Waals surface area (Å²) in [6, 6.07) is 4.00. The minimum absolute atomic E-state index is 0.187. The molecule has 96 valence electrons. The molecule has 0 saturated heterocycles. The van der Waals surface area contributed by atoms with Gasteiger partial charge in [-0.05, 0) is 24.6 Å². The topological polar surface area (TPSA) is 35.2 Å². The van der Waals surface area contributed by atoms with Gasteiger partial charge in [0.05, 0.1) is 0 Å². The van der Waals surface area contributed by atoms with Gasteiger partial charge in [0.1, 0.15) is 12.5 Å². The summed E-state index contributed by atoms with van der Waals surface area (Å²) in [5.41, 5.74) is 5.70. The lowest BCUT2D eigenvalue weighted by molar-refractivity contribution is -0.178. The largest absolute Gasteiger partial charge is 0.490 e. The average molecular weight is 251 g/mol. The Hall–Kier alpha value is -1.30. The molecule has 17 heavy (non-hydrogen) atoms. The van der Waals surface area contributed by atoms with Crippen molar-refractivity contribution in [3.8, 4) is 5.75 Å². The average Bonchev–Trinajstić information content (AvgIpc) is 2.22. The molecule has 0 radical (unpaired) electrons. The van der Waals surface area contributed by atoms with Crippen LogP contribution in [0.25, 0.3) is 0 Å². The molecule has 0 amide bonds. The number of nitrogens with two attached hydrogens (primary N) is 1. The van der Waals surface area contributed by atoms with Gasteiger partial charge in [0.2, 0.25) is 0 Å². The van der Waals surface area contributed by atoms with Crippen LogP contribution in [0.4, 0.5) is 17.6 Å². The maximum Gasteiger partial charge on any atom is 0.396 e. The van der Waals surface area contributed by atoms with E-state index in [1.807, 2.05) is 0 Å². The standard InChI is InChI=1S/C11H13F4NO/c1-7-2-3-9(12)10(4-7)17-6-8(5-16)11(13,14)15/h2-4,8H,5-6,16H2,1H3. The van der Waals surface area contributed by atoms with Crippen LogP contribution in [0.15, 0.2) is 18.2 Å². The van der Waals surface area contributed by atoms with Gasteiger partial charge in [0.25, 0.3) is 0 Å². The van der Waals surface area contributed by atoms with Crippen molar-refractivity contribution in [1.29, 1.82) is 0 Å². The van der Waals surface area contributed by atoms with Gasteiger partial charge < -0.3 is 10.5 Å². The van der Waals surface area contributed by atoms with Gasteiger partial charge in [-0.2, -0.15) is 13.2 Å². The number of aryl methyl sites for hydroxylation is 1. The molecule has 0 bridgehead atoms. The summed E-state index contributed by atoms with van der Waals surface area (Å²) < 4.78 is 55.1. The zero-order chi connectivity index (χ0) is 13.1. The van der Waals surface area contributed by atoms with Crippen LogP contribution in [0, 0.1) is 18.7 Å². The molecule has 0 saturated carbocycles. The molecule has 0 spiro atoms. The van der Waals surface area contributed by atoms with Crippen LogP contribution in [-0.4, -0.2) is 19.3 Å². The molecular formula is C11H13F4NO. The Kier molecular flexibility index (Phi) is 4.34. The Morgan fingerprint density at radius 1 is 1.35 bits per heavy atom. The quantitative estimate of drug-likeness (QED) is 0.835. The van der Waals surface area contributed by atoms with Gasteiger partial charge in [-0.25, -0.2) is 4.39 Å². The maximum absolute atomic E-state index is 13.2. The lowest BCUT2D eigenvalue weighted by Gasteiger charge is -2.19. The van der Waals surface area contributed by atoms with Crippen molar-refractivity contribution >= 4 is 0 Å². The molecule has 1 rings (SSSR count). The third-order valence-electron chi connectivity index (χ3n) is 2.27. The Morgan fingerprint density at radius 3 is 2.53 bits per heavy atom. The Morgan fingerprint density at radius 2 is 2.00 bits per heavy atom. The van der Waals surface area contributed by atoms with E-state index in [-0.39, 0.29) is 5.75 Å². The zero-order valence-corrected chi connectivity index (χ0v) is 9.22. The first-order chi connectivity index (χ1) is 7.84. The van der Waals surface area contributed by atoms with Crippen molar-refractivity contribution < 1.29 is 22.3 Å². The van der Waals surface area contributed by atoms with Crippen molar-refractivity contribution in [2.45, 2.75) is 13.1 Å². The van der Waals surface area contributed by atoms with Crippen molar-refractivity contribution in [2.75, 3.05) is 13.2 Å². The second-order valence-corrected chi connectivity index (χ2v) is 3.72. The van der Waals surface area contributed by atoms with Gasteiger partial charge in [-0.15, -0.1) is 0 Å². The van der Waals surface area contributed by atoms with Gasteiger partial charge in [-0.1, -0.05) is 6.07 Å². The Labute approximate surface area is 96.4 Å². The van der Waals surface area contributed by atoms with E-state index < -0.39 is 31.1 Å². The molecule has 0 aliphatic heterocycles. The van der Waals surface area contributed by atoms with Gasteiger partial charge in [0.15, 0.2) is 11.6 Å². The number of benzene rings is 1. The number of alkyl halides is 3. The molecule has 1 aromatic carbocycles. The van der Waals surface area contributed by atoms with Gasteiger partial charge >= 0.3 is 6.18 Å². The molecule has 0 heterocycles. The van der Waals surface area contributed by atoms with E-state index in [2.05, 4.69) is 0 Å². The lowest BCUT2D eigenvalue weighted by atomic mass is 10.1. The number of ether oxygens (including phenoxy) is 1. The van der Waals surface area contributed by atoms with E-state index in [1.54, 1.807) is 6.92 Å². The molecule has 1 unspecified atom stereocenters. The van der Waals surface area contributed by atoms with E-state index in [9.17, 15) is 17.6 Å². The molecule has 0 aliphatic carbocycles. The van der Waals surface area contributed by atoms with Crippen LogP contribution in [0.3, 0.4) is 0 Å². The molecule has 0 fully saturated rings. The molecular weight excluding hydrogens is 238 g/mol. The fourth-order valence-electron chi connectivity index (χ4n) is 1.21. The lowest BCUT2D eigenvalue weighted by Crippen LogP contribution is -2.35. The fraction of sp³-hybridized carbons (Fsp3) is 0.455. The smallest absolute Gasteiger partial charge is 0.396 e. The second kappa shape index (κ2) is 5.35. The third kappa shape index (κ3) is 3.89. The van der Waals surface area contributed by atoms with E-state index in [0.717, 1.165) is 6.07 Å². The van der Waals surface area contributed by atoms with Crippen LogP contribution in [-0.2, 0) is 0 Å². The van der Waals surface area contributed by atoms with E-state index in [0.29, 0.717) is 5.56 Å². The number of rotatable bonds is 4. The van der Waals surface area contributed by atoms with Crippen molar-refractivity contribution in [1.82, 2.24) is 0 Å². The van der Waals surface area contributed by atoms with Crippen LogP contribution < -0.4 is 10.5 Å². The van der Waals surface area contributed by atoms with Gasteiger partial charge in [-0.3, -0.25) is 0 Å². The van der Waals surface area contributed by atoms with Gasteiger partial charge in [0, 0.05) is 6.54 Å². The Bertz CT molecular complexity index is 378. The first kappa shape index (κ1) is 13.8.